The van der Waals surface area contributed by atoms with E-state index in [9.17, 15) is 30.0 Å². The van der Waals surface area contributed by atoms with E-state index in [-0.39, 0.29) is 52.2 Å². The summed E-state index contributed by atoms with van der Waals surface area (Å²) in [6.07, 6.45) is 2.64. The summed E-state index contributed by atoms with van der Waals surface area (Å²) in [5.41, 5.74) is 0.195. The van der Waals surface area contributed by atoms with E-state index in [1.807, 2.05) is 0 Å². The Balaban J connectivity index is 1.68. The summed E-state index contributed by atoms with van der Waals surface area (Å²) in [4.78, 5) is 12.7. The third-order valence-electron chi connectivity index (χ3n) is 5.26. The number of para-hydroxylation sites is 1. The van der Waals surface area contributed by atoms with Crippen molar-refractivity contribution in [1.82, 2.24) is 4.31 Å². The lowest BCUT2D eigenvalue weighted by Crippen LogP contribution is -2.41. The van der Waals surface area contributed by atoms with E-state index in [1.54, 1.807) is 12.1 Å². The van der Waals surface area contributed by atoms with Gasteiger partial charge in [-0.05, 0) is 49.2 Å². The molecule has 1 aliphatic heterocycles. The van der Waals surface area contributed by atoms with E-state index in [2.05, 4.69) is 5.32 Å². The molecule has 3 rings (SSSR count). The Labute approximate surface area is 188 Å². The molecule has 0 saturated carbocycles. The maximum absolute atomic E-state index is 12.9. The molecule has 1 aliphatic rings. The van der Waals surface area contributed by atoms with Crippen LogP contribution in [0, 0.1) is 5.92 Å². The predicted octanol–water partition coefficient (Wildman–Crippen LogP) is 1.53. The minimum atomic E-state index is -3.83. The molecule has 12 heteroatoms. The van der Waals surface area contributed by atoms with Crippen LogP contribution in [0.15, 0.2) is 63.2 Å². The zero-order valence-electron chi connectivity index (χ0n) is 17.6. The molecule has 2 aromatic rings. The van der Waals surface area contributed by atoms with Crippen molar-refractivity contribution < 1.29 is 30.0 Å². The highest BCUT2D eigenvalue weighted by Crippen LogP contribution is 2.27. The average Bonchev–Trinajstić information content (AvgIpc) is 2.73. The maximum Gasteiger partial charge on any atom is 0.243 e. The van der Waals surface area contributed by atoms with Crippen molar-refractivity contribution in [3.8, 4) is 0 Å². The predicted molar refractivity (Wildman–Crippen MR) is 119 cm³/mol. The number of carbonyl (C=O) groups is 1. The highest BCUT2D eigenvalue weighted by molar-refractivity contribution is 7.91. The van der Waals surface area contributed by atoms with Crippen LogP contribution in [-0.2, 0) is 34.5 Å². The highest BCUT2D eigenvalue weighted by atomic mass is 32.2. The minimum Gasteiger partial charge on any atom is -0.325 e. The molecule has 0 unspecified atom stereocenters. The SMILES string of the molecule is CS(=O)(=O)c1ccc(S(=O)(=O)N2CCC(C(=O)Nc3ccccc3S(C)(=O)=O)CC2)cc1. The van der Waals surface area contributed by atoms with Crippen LogP contribution in [0.1, 0.15) is 12.8 Å². The second-order valence-electron chi connectivity index (χ2n) is 7.68. The number of hydrogen-bond acceptors (Lipinski definition) is 7. The van der Waals surface area contributed by atoms with Gasteiger partial charge in [-0.3, -0.25) is 4.79 Å². The van der Waals surface area contributed by atoms with Crippen LogP contribution >= 0.6 is 0 Å². The molecule has 0 aromatic heterocycles. The molecule has 9 nitrogen and oxygen atoms in total. The Morgan fingerprint density at radius 1 is 0.812 bits per heavy atom. The molecule has 0 spiro atoms. The molecular weight excluding hydrogens is 476 g/mol. The summed E-state index contributed by atoms with van der Waals surface area (Å²) >= 11 is 0. The fraction of sp³-hybridized carbons (Fsp3) is 0.350. The van der Waals surface area contributed by atoms with Gasteiger partial charge in [0, 0.05) is 31.5 Å². The smallest absolute Gasteiger partial charge is 0.243 e. The molecule has 0 aliphatic carbocycles. The van der Waals surface area contributed by atoms with E-state index >= 15 is 0 Å². The van der Waals surface area contributed by atoms with Crippen LogP contribution < -0.4 is 5.32 Å². The summed E-state index contributed by atoms with van der Waals surface area (Å²) in [7, 11) is -10.8. The second kappa shape index (κ2) is 8.93. The van der Waals surface area contributed by atoms with Crippen molar-refractivity contribution in [3.05, 3.63) is 48.5 Å². The maximum atomic E-state index is 12.9. The first-order valence-electron chi connectivity index (χ1n) is 9.70. The number of amides is 1. The van der Waals surface area contributed by atoms with Crippen molar-refractivity contribution in [1.29, 1.82) is 0 Å². The van der Waals surface area contributed by atoms with Crippen LogP contribution in [-0.4, -0.2) is 61.1 Å². The highest BCUT2D eigenvalue weighted by Gasteiger charge is 2.32. The number of sulfonamides is 1. The summed E-state index contributed by atoms with van der Waals surface area (Å²) in [6, 6.07) is 11.1. The van der Waals surface area contributed by atoms with Gasteiger partial charge in [-0.1, -0.05) is 12.1 Å². The molecule has 2 aromatic carbocycles. The van der Waals surface area contributed by atoms with Gasteiger partial charge in [0.05, 0.1) is 20.4 Å². The topological polar surface area (TPSA) is 135 Å². The van der Waals surface area contributed by atoms with Crippen molar-refractivity contribution >= 4 is 41.3 Å². The van der Waals surface area contributed by atoms with Crippen molar-refractivity contribution in [2.45, 2.75) is 27.5 Å². The van der Waals surface area contributed by atoms with E-state index in [4.69, 9.17) is 0 Å². The molecule has 32 heavy (non-hydrogen) atoms. The van der Waals surface area contributed by atoms with E-state index in [0.29, 0.717) is 0 Å². The zero-order chi connectivity index (χ0) is 23.7. The Morgan fingerprint density at radius 3 is 1.88 bits per heavy atom. The lowest BCUT2D eigenvalue weighted by molar-refractivity contribution is -0.120. The van der Waals surface area contributed by atoms with Crippen LogP contribution in [0.4, 0.5) is 5.69 Å². The molecule has 1 heterocycles. The number of sulfone groups is 2. The number of hydrogen-bond donors (Lipinski definition) is 1. The minimum absolute atomic E-state index is 0.0186. The number of piperidine rings is 1. The molecule has 1 fully saturated rings. The zero-order valence-corrected chi connectivity index (χ0v) is 20.0. The van der Waals surface area contributed by atoms with Crippen molar-refractivity contribution in [3.63, 3.8) is 0 Å². The van der Waals surface area contributed by atoms with Gasteiger partial charge in [-0.25, -0.2) is 25.3 Å². The van der Waals surface area contributed by atoms with Crippen LogP contribution in [0.2, 0.25) is 0 Å². The largest absolute Gasteiger partial charge is 0.325 e. The normalized spacial score (nSPS) is 16.6. The van der Waals surface area contributed by atoms with Crippen LogP contribution in [0.5, 0.6) is 0 Å². The number of carbonyl (C=O) groups excluding carboxylic acids is 1. The average molecular weight is 501 g/mol. The number of nitrogens with one attached hydrogen (secondary N) is 1. The Kier molecular flexibility index (Phi) is 6.80. The number of nitrogens with zero attached hydrogens (tertiary/aromatic N) is 1. The quantitative estimate of drug-likeness (QED) is 0.635. The van der Waals surface area contributed by atoms with E-state index in [0.717, 1.165) is 12.5 Å². The molecule has 0 radical (unpaired) electrons. The summed E-state index contributed by atoms with van der Waals surface area (Å²) in [5, 5.41) is 2.65. The van der Waals surface area contributed by atoms with Crippen LogP contribution in [0.3, 0.4) is 0 Å². The Bertz CT molecular complexity index is 1330. The fourth-order valence-electron chi connectivity index (χ4n) is 3.49. The van der Waals surface area contributed by atoms with Gasteiger partial charge in [0.15, 0.2) is 19.7 Å². The van der Waals surface area contributed by atoms with E-state index in [1.165, 1.54) is 40.7 Å². The standard InChI is InChI=1S/C20H24N2O7S3/c1-30(24,25)16-7-9-17(10-8-16)32(28,29)22-13-11-15(12-14-22)20(23)21-18-5-3-4-6-19(18)31(2,26)27/h3-10,15H,11-14H2,1-2H3,(H,21,23). The fourth-order valence-corrected chi connectivity index (χ4v) is 6.44. The second-order valence-corrected chi connectivity index (χ2v) is 13.6. The van der Waals surface area contributed by atoms with Gasteiger partial charge in [-0.15, -0.1) is 0 Å². The molecule has 1 N–H and O–H groups in total. The van der Waals surface area contributed by atoms with Crippen molar-refractivity contribution in [2.24, 2.45) is 5.92 Å². The first-order valence-corrected chi connectivity index (χ1v) is 14.9. The van der Waals surface area contributed by atoms with Gasteiger partial charge in [0.2, 0.25) is 15.9 Å². The first-order chi connectivity index (χ1) is 14.8. The van der Waals surface area contributed by atoms with Crippen LogP contribution in [0.25, 0.3) is 0 Å². The number of rotatable bonds is 6. The number of anilines is 1. The lowest BCUT2D eigenvalue weighted by atomic mass is 9.97. The Hall–Kier alpha value is -2.28. The van der Waals surface area contributed by atoms with Gasteiger partial charge >= 0.3 is 0 Å². The molecule has 0 atom stereocenters. The summed E-state index contributed by atoms with van der Waals surface area (Å²) in [6.45, 7) is 0.226. The van der Waals surface area contributed by atoms with Gasteiger partial charge in [-0.2, -0.15) is 4.31 Å². The summed E-state index contributed by atoms with van der Waals surface area (Å²) < 4.78 is 74.0. The number of benzene rings is 2. The molecule has 174 valence electrons. The van der Waals surface area contributed by atoms with Gasteiger partial charge < -0.3 is 5.32 Å². The molecule has 1 amide bonds. The van der Waals surface area contributed by atoms with Gasteiger partial charge in [0.1, 0.15) is 0 Å². The van der Waals surface area contributed by atoms with Gasteiger partial charge in [0.25, 0.3) is 0 Å². The lowest BCUT2D eigenvalue weighted by Gasteiger charge is -2.30. The third kappa shape index (κ3) is 5.37. The van der Waals surface area contributed by atoms with E-state index < -0.39 is 35.6 Å². The monoisotopic (exact) mass is 500 g/mol. The first kappa shape index (κ1) is 24.4. The molecule has 1 saturated heterocycles. The molecular formula is C20H24N2O7S3. The van der Waals surface area contributed by atoms with Crippen molar-refractivity contribution in [2.75, 3.05) is 30.9 Å². The Morgan fingerprint density at radius 2 is 1.34 bits per heavy atom. The third-order valence-corrected chi connectivity index (χ3v) is 9.46. The summed E-state index contributed by atoms with van der Waals surface area (Å²) in [5.74, 6) is -0.836. The molecule has 0 bridgehead atoms.